The van der Waals surface area contributed by atoms with Crippen molar-refractivity contribution in [3.63, 3.8) is 0 Å². The van der Waals surface area contributed by atoms with Crippen LogP contribution in [0.1, 0.15) is 12.8 Å². The molecule has 0 bridgehead atoms. The van der Waals surface area contributed by atoms with E-state index in [1.807, 2.05) is 0 Å². The molecule has 0 saturated heterocycles. The van der Waals surface area contributed by atoms with Gasteiger partial charge in [0.05, 0.1) is 11.6 Å². The van der Waals surface area contributed by atoms with Gasteiger partial charge in [-0.3, -0.25) is 4.79 Å². The van der Waals surface area contributed by atoms with Crippen molar-refractivity contribution in [1.29, 1.82) is 0 Å². The van der Waals surface area contributed by atoms with Crippen LogP contribution in [0, 0.1) is 0 Å². The van der Waals surface area contributed by atoms with Crippen molar-refractivity contribution in [2.24, 2.45) is 0 Å². The number of aliphatic carboxylic acids is 1. The number of carboxylic acids is 1. The van der Waals surface area contributed by atoms with Crippen LogP contribution in [0.3, 0.4) is 0 Å². The number of halogens is 3. The zero-order valence-corrected chi connectivity index (χ0v) is 13.3. The van der Waals surface area contributed by atoms with Gasteiger partial charge in [0, 0.05) is 21.6 Å². The number of ether oxygens (including phenoxy) is 1. The third-order valence-corrected chi connectivity index (χ3v) is 4.08. The average Bonchev–Trinajstić information content (AvgIpc) is 2.24. The van der Waals surface area contributed by atoms with E-state index in [0.717, 1.165) is 0 Å². The molecule has 0 unspecified atom stereocenters. The lowest BCUT2D eigenvalue weighted by Crippen LogP contribution is -2.05. The van der Waals surface area contributed by atoms with Gasteiger partial charge in [0.25, 0.3) is 9.05 Å². The molecular weight excluding hydrogens is 383 g/mol. The van der Waals surface area contributed by atoms with Gasteiger partial charge in [0.1, 0.15) is 4.90 Å². The van der Waals surface area contributed by atoms with Gasteiger partial charge < -0.3 is 9.84 Å². The van der Waals surface area contributed by atoms with Crippen molar-refractivity contribution < 1.29 is 23.1 Å². The maximum absolute atomic E-state index is 11.4. The molecule has 106 valence electrons. The highest BCUT2D eigenvalue weighted by molar-refractivity contribution is 9.10. The molecule has 9 heteroatoms. The third kappa shape index (κ3) is 5.18. The Kier molecular flexibility index (Phi) is 5.91. The maximum Gasteiger partial charge on any atom is 0.303 e. The molecule has 0 saturated carbocycles. The van der Waals surface area contributed by atoms with E-state index in [-0.39, 0.29) is 35.1 Å². The molecule has 0 spiro atoms. The molecule has 1 N–H and O–H groups in total. The molecule has 1 rings (SSSR count). The van der Waals surface area contributed by atoms with Crippen molar-refractivity contribution in [3.8, 4) is 5.75 Å². The van der Waals surface area contributed by atoms with Gasteiger partial charge >= 0.3 is 5.97 Å². The normalized spacial score (nSPS) is 11.3. The topological polar surface area (TPSA) is 80.7 Å². The number of carboxylic acid groups (broad SMARTS) is 1. The molecule has 0 atom stereocenters. The lowest BCUT2D eigenvalue weighted by Gasteiger charge is -2.11. The molecule has 5 nitrogen and oxygen atoms in total. The van der Waals surface area contributed by atoms with Crippen molar-refractivity contribution in [2.75, 3.05) is 6.61 Å². The van der Waals surface area contributed by atoms with Crippen LogP contribution in [0.2, 0.25) is 5.02 Å². The Morgan fingerprint density at radius 1 is 1.42 bits per heavy atom. The summed E-state index contributed by atoms with van der Waals surface area (Å²) in [6, 6.07) is 2.72. The summed E-state index contributed by atoms with van der Waals surface area (Å²) in [6.45, 7) is 0.0209. The summed E-state index contributed by atoms with van der Waals surface area (Å²) in [7, 11) is 1.27. The van der Waals surface area contributed by atoms with Crippen LogP contribution in [-0.4, -0.2) is 26.1 Å². The Labute approximate surface area is 128 Å². The van der Waals surface area contributed by atoms with E-state index in [9.17, 15) is 13.2 Å². The second kappa shape index (κ2) is 6.78. The Balaban J connectivity index is 2.96. The molecule has 0 radical (unpaired) electrons. The van der Waals surface area contributed by atoms with Gasteiger partial charge in [-0.05, 0) is 18.6 Å². The first-order valence-corrected chi connectivity index (χ1v) is 8.48. The van der Waals surface area contributed by atoms with E-state index in [0.29, 0.717) is 4.47 Å². The molecule has 1 aromatic carbocycles. The summed E-state index contributed by atoms with van der Waals surface area (Å²) in [5.41, 5.74) is 0. The second-order valence-electron chi connectivity index (χ2n) is 3.50. The lowest BCUT2D eigenvalue weighted by atomic mass is 10.3. The highest BCUT2D eigenvalue weighted by atomic mass is 79.9. The van der Waals surface area contributed by atoms with Crippen LogP contribution in [0.25, 0.3) is 0 Å². The summed E-state index contributed by atoms with van der Waals surface area (Å²) in [5, 5.41) is 8.55. The first-order chi connectivity index (χ1) is 8.71. The van der Waals surface area contributed by atoms with Crippen LogP contribution >= 0.6 is 38.2 Å². The standard InChI is InChI=1S/C10H9BrCl2O5S/c11-6-4-7(12)10(8(5-6)19(13,16)17)18-3-1-2-9(14)15/h4-5H,1-3H2,(H,14,15). The summed E-state index contributed by atoms with van der Waals surface area (Å²) in [4.78, 5) is 10.1. The van der Waals surface area contributed by atoms with Gasteiger partial charge in [-0.25, -0.2) is 8.42 Å². The van der Waals surface area contributed by atoms with Gasteiger partial charge in [-0.15, -0.1) is 0 Å². The first-order valence-electron chi connectivity index (χ1n) is 5.00. The quantitative estimate of drug-likeness (QED) is 0.594. The van der Waals surface area contributed by atoms with E-state index < -0.39 is 15.0 Å². The minimum Gasteiger partial charge on any atom is -0.491 e. The summed E-state index contributed by atoms with van der Waals surface area (Å²) in [6.07, 6.45) is 0.139. The van der Waals surface area contributed by atoms with Crippen LogP contribution in [0.15, 0.2) is 21.5 Å². The third-order valence-electron chi connectivity index (χ3n) is 2.02. The Morgan fingerprint density at radius 3 is 2.58 bits per heavy atom. The number of hydrogen-bond donors (Lipinski definition) is 1. The lowest BCUT2D eigenvalue weighted by molar-refractivity contribution is -0.137. The Morgan fingerprint density at radius 2 is 2.05 bits per heavy atom. The van der Waals surface area contributed by atoms with Gasteiger partial charge in [-0.1, -0.05) is 27.5 Å². The molecule has 0 aromatic heterocycles. The molecule has 0 aliphatic carbocycles. The minimum atomic E-state index is -4.02. The van der Waals surface area contributed by atoms with E-state index >= 15 is 0 Å². The molecule has 0 aliphatic rings. The van der Waals surface area contributed by atoms with Crippen molar-refractivity contribution in [1.82, 2.24) is 0 Å². The number of benzene rings is 1. The van der Waals surface area contributed by atoms with E-state index in [1.165, 1.54) is 12.1 Å². The zero-order valence-electron chi connectivity index (χ0n) is 9.40. The smallest absolute Gasteiger partial charge is 0.303 e. The summed E-state index contributed by atoms with van der Waals surface area (Å²) in [5.74, 6) is -1.04. The predicted molar refractivity (Wildman–Crippen MR) is 74.6 cm³/mol. The fourth-order valence-corrected chi connectivity index (χ4v) is 3.33. The van der Waals surface area contributed by atoms with Gasteiger partial charge in [-0.2, -0.15) is 0 Å². The SMILES string of the molecule is O=C(O)CCCOc1c(Cl)cc(Br)cc1S(=O)(=O)Cl. The highest BCUT2D eigenvalue weighted by Crippen LogP contribution is 2.37. The molecule has 0 amide bonds. The fraction of sp³-hybridized carbons (Fsp3) is 0.300. The molecule has 19 heavy (non-hydrogen) atoms. The highest BCUT2D eigenvalue weighted by Gasteiger charge is 2.21. The van der Waals surface area contributed by atoms with Gasteiger partial charge in [0.15, 0.2) is 5.75 Å². The second-order valence-corrected chi connectivity index (χ2v) is 7.36. The number of hydrogen-bond acceptors (Lipinski definition) is 4. The Hall–Kier alpha value is -0.500. The van der Waals surface area contributed by atoms with E-state index in [1.54, 1.807) is 0 Å². The van der Waals surface area contributed by atoms with Crippen molar-refractivity contribution >= 4 is 53.2 Å². The summed E-state index contributed by atoms with van der Waals surface area (Å²) < 4.78 is 28.5. The molecule has 1 aromatic rings. The number of carbonyl (C=O) groups is 1. The largest absolute Gasteiger partial charge is 0.491 e. The van der Waals surface area contributed by atoms with Gasteiger partial charge in [0.2, 0.25) is 0 Å². The molecule has 0 aliphatic heterocycles. The minimum absolute atomic E-state index is 0.0209. The molecular formula is C10H9BrCl2O5S. The van der Waals surface area contributed by atoms with Crippen LogP contribution in [0.5, 0.6) is 5.75 Å². The van der Waals surface area contributed by atoms with E-state index in [2.05, 4.69) is 15.9 Å². The van der Waals surface area contributed by atoms with Crippen molar-refractivity contribution in [2.45, 2.75) is 17.7 Å². The molecule has 0 heterocycles. The van der Waals surface area contributed by atoms with Crippen molar-refractivity contribution in [3.05, 3.63) is 21.6 Å². The maximum atomic E-state index is 11.4. The summed E-state index contributed by atoms with van der Waals surface area (Å²) >= 11 is 8.99. The number of rotatable bonds is 6. The average molecular weight is 392 g/mol. The van der Waals surface area contributed by atoms with E-state index in [4.69, 9.17) is 32.1 Å². The zero-order chi connectivity index (χ0) is 14.6. The van der Waals surface area contributed by atoms with Crippen LogP contribution in [0.4, 0.5) is 0 Å². The van der Waals surface area contributed by atoms with Crippen LogP contribution in [-0.2, 0) is 13.8 Å². The predicted octanol–water partition coefficient (Wildman–Crippen LogP) is 3.27. The first kappa shape index (κ1) is 16.6. The Bertz CT molecular complexity index is 588. The van der Waals surface area contributed by atoms with Crippen LogP contribution < -0.4 is 4.74 Å². The molecule has 0 fully saturated rings. The fourth-order valence-electron chi connectivity index (χ4n) is 1.26. The monoisotopic (exact) mass is 390 g/mol.